The fourth-order valence-electron chi connectivity index (χ4n) is 4.75. The standard InChI is InChI=1S/C26H30ClN3O2S/c1-6-10-30-21-14-22(32-5)17(11-20(21)16(2)15-26(30,3)4)12-23-24(31)29-25(33-23)28-19-9-7-8-18(27)13-19/h7-9,11-14,16H,6,10,15H2,1-5H3,(H,28,29,31)/b23-12+. The van der Waals surface area contributed by atoms with Gasteiger partial charge in [0.05, 0.1) is 17.7 Å². The monoisotopic (exact) mass is 483 g/mol. The van der Waals surface area contributed by atoms with E-state index in [0.717, 1.165) is 30.7 Å². The fraction of sp³-hybridized carbons (Fsp3) is 0.385. The first kappa shape index (κ1) is 23.7. The predicted molar refractivity (Wildman–Crippen MR) is 140 cm³/mol. The van der Waals surface area contributed by atoms with E-state index in [1.165, 1.54) is 23.0 Å². The summed E-state index contributed by atoms with van der Waals surface area (Å²) >= 11 is 7.38. The molecule has 0 bridgehead atoms. The number of halogens is 1. The van der Waals surface area contributed by atoms with Crippen LogP contribution in [0.3, 0.4) is 0 Å². The summed E-state index contributed by atoms with van der Waals surface area (Å²) in [5, 5.41) is 3.99. The number of amidine groups is 1. The Hall–Kier alpha value is -2.44. The number of ether oxygens (including phenoxy) is 1. The Bertz CT molecular complexity index is 1140. The van der Waals surface area contributed by atoms with E-state index in [9.17, 15) is 4.79 Å². The molecular formula is C26H30ClN3O2S. The molecule has 2 heterocycles. The zero-order valence-electron chi connectivity index (χ0n) is 19.7. The summed E-state index contributed by atoms with van der Waals surface area (Å²) in [7, 11) is 1.68. The predicted octanol–water partition coefficient (Wildman–Crippen LogP) is 6.74. The van der Waals surface area contributed by atoms with E-state index in [0.29, 0.717) is 26.7 Å². The molecule has 2 aliphatic heterocycles. The largest absolute Gasteiger partial charge is 0.496 e. The molecule has 0 aliphatic carbocycles. The molecule has 0 saturated carbocycles. The highest BCUT2D eigenvalue weighted by molar-refractivity contribution is 8.18. The number of rotatable bonds is 5. The van der Waals surface area contributed by atoms with Crippen molar-refractivity contribution >= 4 is 51.9 Å². The molecule has 1 N–H and O–H groups in total. The fourth-order valence-corrected chi connectivity index (χ4v) is 5.77. The summed E-state index contributed by atoms with van der Waals surface area (Å²) in [6.45, 7) is 10.1. The Morgan fingerprint density at radius 1 is 1.33 bits per heavy atom. The van der Waals surface area contributed by atoms with Gasteiger partial charge in [0, 0.05) is 34.4 Å². The van der Waals surface area contributed by atoms with E-state index >= 15 is 0 Å². The minimum atomic E-state index is -0.164. The van der Waals surface area contributed by atoms with Gasteiger partial charge in [-0.05, 0) is 80.3 Å². The van der Waals surface area contributed by atoms with Crippen LogP contribution in [0.5, 0.6) is 5.75 Å². The summed E-state index contributed by atoms with van der Waals surface area (Å²) in [4.78, 5) is 20.3. The summed E-state index contributed by atoms with van der Waals surface area (Å²) in [6.07, 6.45) is 4.06. The number of aliphatic imine (C=N–C) groups is 1. The van der Waals surface area contributed by atoms with Gasteiger partial charge in [-0.1, -0.05) is 31.5 Å². The highest BCUT2D eigenvalue weighted by atomic mass is 35.5. The third kappa shape index (κ3) is 4.92. The van der Waals surface area contributed by atoms with Crippen molar-refractivity contribution in [2.45, 2.75) is 52.0 Å². The van der Waals surface area contributed by atoms with Crippen LogP contribution in [0.4, 0.5) is 11.4 Å². The van der Waals surface area contributed by atoms with Crippen LogP contribution in [0.15, 0.2) is 46.3 Å². The lowest BCUT2D eigenvalue weighted by Gasteiger charge is -2.47. The van der Waals surface area contributed by atoms with Crippen molar-refractivity contribution in [2.75, 3.05) is 18.6 Å². The van der Waals surface area contributed by atoms with Crippen LogP contribution < -0.4 is 15.0 Å². The van der Waals surface area contributed by atoms with Gasteiger partial charge in [0.25, 0.3) is 5.91 Å². The summed E-state index contributed by atoms with van der Waals surface area (Å²) in [5.74, 6) is 1.01. The molecule has 4 rings (SSSR count). The number of hydrogen-bond donors (Lipinski definition) is 1. The van der Waals surface area contributed by atoms with E-state index in [2.05, 4.69) is 55.0 Å². The van der Waals surface area contributed by atoms with Crippen molar-refractivity contribution in [1.29, 1.82) is 0 Å². The van der Waals surface area contributed by atoms with Crippen molar-refractivity contribution in [2.24, 2.45) is 4.99 Å². The first-order chi connectivity index (χ1) is 15.7. The molecule has 2 aromatic rings. The van der Waals surface area contributed by atoms with Gasteiger partial charge >= 0.3 is 0 Å². The highest BCUT2D eigenvalue weighted by Gasteiger charge is 2.36. The third-order valence-corrected chi connectivity index (χ3v) is 7.31. The smallest absolute Gasteiger partial charge is 0.264 e. The van der Waals surface area contributed by atoms with Crippen LogP contribution in [0.25, 0.3) is 6.08 Å². The van der Waals surface area contributed by atoms with E-state index in [4.69, 9.17) is 16.3 Å². The molecule has 1 fully saturated rings. The molecule has 0 aromatic heterocycles. The maximum Gasteiger partial charge on any atom is 0.264 e. The average molecular weight is 484 g/mol. The minimum absolute atomic E-state index is 0.0836. The van der Waals surface area contributed by atoms with Crippen molar-refractivity contribution in [3.63, 3.8) is 0 Å². The normalized spacial score (nSPS) is 21.9. The van der Waals surface area contributed by atoms with Gasteiger partial charge in [0.15, 0.2) is 5.17 Å². The quantitative estimate of drug-likeness (QED) is 0.478. The van der Waals surface area contributed by atoms with Crippen LogP contribution in [0, 0.1) is 0 Å². The van der Waals surface area contributed by atoms with Crippen LogP contribution in [-0.2, 0) is 4.79 Å². The van der Waals surface area contributed by atoms with E-state index in [1.54, 1.807) is 19.2 Å². The number of amides is 1. The zero-order chi connectivity index (χ0) is 23.8. The Morgan fingerprint density at radius 2 is 2.12 bits per heavy atom. The number of carbonyl (C=O) groups excluding carboxylic acids is 1. The summed E-state index contributed by atoms with van der Waals surface area (Å²) in [5.41, 5.74) is 4.21. The molecule has 2 aliphatic rings. The minimum Gasteiger partial charge on any atom is -0.496 e. The Morgan fingerprint density at radius 3 is 2.82 bits per heavy atom. The maximum atomic E-state index is 12.7. The first-order valence-electron chi connectivity index (χ1n) is 11.3. The van der Waals surface area contributed by atoms with Crippen LogP contribution in [-0.4, -0.2) is 30.3 Å². The zero-order valence-corrected chi connectivity index (χ0v) is 21.3. The lowest BCUT2D eigenvalue weighted by Crippen LogP contribution is -2.48. The molecule has 1 atom stereocenters. The van der Waals surface area contributed by atoms with Crippen LogP contribution in [0.2, 0.25) is 5.02 Å². The first-order valence-corrected chi connectivity index (χ1v) is 12.5. The maximum absolute atomic E-state index is 12.7. The number of fused-ring (bicyclic) bond motifs is 1. The second-order valence-electron chi connectivity index (χ2n) is 9.18. The van der Waals surface area contributed by atoms with Gasteiger partial charge in [-0.3, -0.25) is 4.79 Å². The lowest BCUT2D eigenvalue weighted by molar-refractivity contribution is -0.115. The molecule has 2 aromatic carbocycles. The van der Waals surface area contributed by atoms with Gasteiger partial charge in [0.1, 0.15) is 5.75 Å². The van der Waals surface area contributed by atoms with Gasteiger partial charge in [-0.15, -0.1) is 0 Å². The van der Waals surface area contributed by atoms with E-state index < -0.39 is 0 Å². The van der Waals surface area contributed by atoms with Crippen LogP contribution >= 0.6 is 23.4 Å². The number of hydrogen-bond acceptors (Lipinski definition) is 5. The molecule has 5 nitrogen and oxygen atoms in total. The topological polar surface area (TPSA) is 53.9 Å². The number of benzene rings is 2. The second kappa shape index (κ2) is 9.43. The van der Waals surface area contributed by atoms with Crippen molar-refractivity contribution in [3.8, 4) is 5.75 Å². The molecule has 7 heteroatoms. The number of nitrogens with zero attached hydrogens (tertiary/aromatic N) is 2. The van der Waals surface area contributed by atoms with Crippen LogP contribution in [0.1, 0.15) is 57.6 Å². The molecule has 33 heavy (non-hydrogen) atoms. The van der Waals surface area contributed by atoms with Gasteiger partial charge in [0.2, 0.25) is 0 Å². The Labute approximate surface area is 205 Å². The van der Waals surface area contributed by atoms with E-state index in [-0.39, 0.29) is 11.4 Å². The summed E-state index contributed by atoms with van der Waals surface area (Å²) in [6, 6.07) is 11.6. The molecule has 1 saturated heterocycles. The van der Waals surface area contributed by atoms with Gasteiger partial charge < -0.3 is 15.0 Å². The molecule has 0 spiro atoms. The van der Waals surface area contributed by atoms with Crippen molar-refractivity contribution in [1.82, 2.24) is 5.32 Å². The molecule has 1 amide bonds. The summed E-state index contributed by atoms with van der Waals surface area (Å²) < 4.78 is 5.77. The van der Waals surface area contributed by atoms with Gasteiger partial charge in [-0.2, -0.15) is 0 Å². The third-order valence-electron chi connectivity index (χ3n) is 6.16. The second-order valence-corrected chi connectivity index (χ2v) is 10.7. The molecular weight excluding hydrogens is 454 g/mol. The van der Waals surface area contributed by atoms with Crippen molar-refractivity contribution < 1.29 is 9.53 Å². The van der Waals surface area contributed by atoms with Crippen molar-refractivity contribution in [3.05, 3.63) is 57.5 Å². The number of thioether (sulfide) groups is 1. The number of anilines is 1. The molecule has 1 unspecified atom stereocenters. The van der Waals surface area contributed by atoms with E-state index in [1.807, 2.05) is 18.2 Å². The van der Waals surface area contributed by atoms with Gasteiger partial charge in [-0.25, -0.2) is 4.99 Å². The molecule has 0 radical (unpaired) electrons. The average Bonchev–Trinajstić information content (AvgIpc) is 3.09. The highest BCUT2D eigenvalue weighted by Crippen LogP contribution is 2.46. The Balaban J connectivity index is 1.70. The Kier molecular flexibility index (Phi) is 6.78. The lowest BCUT2D eigenvalue weighted by atomic mass is 9.79. The molecule has 174 valence electrons. The number of methoxy groups -OCH3 is 1. The number of carbonyl (C=O) groups is 1. The number of nitrogens with one attached hydrogen (secondary N) is 1. The SMILES string of the molecule is CCCN1c2cc(OC)c(/C=C3/SC(=Nc4cccc(Cl)c4)NC3=O)cc2C(C)CC1(C)C.